The van der Waals surface area contributed by atoms with Crippen LogP contribution in [0.15, 0.2) is 132 Å². The highest BCUT2D eigenvalue weighted by Gasteiger charge is 2.19. The van der Waals surface area contributed by atoms with E-state index in [0.29, 0.717) is 19.4 Å². The molecule has 7 heteroatoms. The molecule has 0 heterocycles. The van der Waals surface area contributed by atoms with Crippen LogP contribution in [0, 0.1) is 0 Å². The van der Waals surface area contributed by atoms with Gasteiger partial charge in [-0.3, -0.25) is 9.59 Å². The van der Waals surface area contributed by atoms with Gasteiger partial charge in [-0.15, -0.1) is 0 Å². The first-order valence-electron chi connectivity index (χ1n) is 16.2. The first-order valence-corrected chi connectivity index (χ1v) is 17.7. The Kier molecular flexibility index (Phi) is 11.6. The maximum atomic E-state index is 13.2. The molecule has 0 aliphatic carbocycles. The van der Waals surface area contributed by atoms with Gasteiger partial charge in [-0.25, -0.2) is 13.1 Å². The van der Waals surface area contributed by atoms with Gasteiger partial charge in [0.15, 0.2) is 0 Å². The number of carbonyl (C=O) groups is 2. The Bertz CT molecular complexity index is 1880. The Hall–Kier alpha value is -4.75. The van der Waals surface area contributed by atoms with Crippen molar-refractivity contribution in [1.29, 1.82) is 0 Å². The van der Waals surface area contributed by atoms with E-state index in [4.69, 9.17) is 0 Å². The molecule has 0 saturated heterocycles. The zero-order chi connectivity index (χ0) is 33.1. The lowest BCUT2D eigenvalue weighted by Crippen LogP contribution is -2.30. The molecule has 5 rings (SSSR count). The largest absolute Gasteiger partial charge is 0.345 e. The van der Waals surface area contributed by atoms with E-state index in [1.807, 2.05) is 60.5 Å². The first-order chi connectivity index (χ1) is 22.8. The number of carbonyl (C=O) groups excluding carboxylic acids is 2. The normalized spacial score (nSPS) is 12.0. The van der Waals surface area contributed by atoms with Crippen molar-refractivity contribution >= 4 is 32.6 Å². The smallest absolute Gasteiger partial charge is 0.264 e. The molecule has 1 atom stereocenters. The van der Waals surface area contributed by atoms with Crippen molar-refractivity contribution in [2.75, 3.05) is 13.6 Å². The Morgan fingerprint density at radius 1 is 0.702 bits per heavy atom. The van der Waals surface area contributed by atoms with Gasteiger partial charge >= 0.3 is 0 Å². The van der Waals surface area contributed by atoms with Gasteiger partial charge in [-0.05, 0) is 76.8 Å². The van der Waals surface area contributed by atoms with Gasteiger partial charge in [0, 0.05) is 20.0 Å². The number of amides is 2. The monoisotopic (exact) mass is 646 g/mol. The predicted molar refractivity (Wildman–Crippen MR) is 189 cm³/mol. The van der Waals surface area contributed by atoms with Crippen LogP contribution in [0.1, 0.15) is 53.9 Å². The maximum absolute atomic E-state index is 13.2. The molecule has 0 saturated carbocycles. The molecular weight excluding hydrogens is 605 g/mol. The van der Waals surface area contributed by atoms with Crippen LogP contribution in [0.4, 0.5) is 0 Å². The minimum Gasteiger partial charge on any atom is -0.345 e. The number of hydrogen-bond donors (Lipinski definition) is 1. The zero-order valence-corrected chi connectivity index (χ0v) is 27.7. The summed E-state index contributed by atoms with van der Waals surface area (Å²) in [5.41, 5.74) is 4.68. The van der Waals surface area contributed by atoms with Crippen molar-refractivity contribution in [2.24, 2.45) is 0 Å². The van der Waals surface area contributed by atoms with Crippen molar-refractivity contribution in [2.45, 2.75) is 55.8 Å². The topological polar surface area (TPSA) is 83.6 Å². The van der Waals surface area contributed by atoms with Gasteiger partial charge in [0.2, 0.25) is 11.8 Å². The molecule has 5 aromatic carbocycles. The van der Waals surface area contributed by atoms with Gasteiger partial charge in [0.25, 0.3) is 10.0 Å². The van der Waals surface area contributed by atoms with E-state index in [1.165, 1.54) is 28.8 Å². The van der Waals surface area contributed by atoms with Crippen molar-refractivity contribution in [3.63, 3.8) is 0 Å². The summed E-state index contributed by atoms with van der Waals surface area (Å²) in [6.45, 7) is 0.669. The summed E-state index contributed by atoms with van der Waals surface area (Å²) in [5.74, 6) is -0.180. The fourth-order valence-corrected chi connectivity index (χ4v) is 7.07. The second-order valence-corrected chi connectivity index (χ2v) is 13.7. The Morgan fingerprint density at radius 3 is 1.96 bits per heavy atom. The van der Waals surface area contributed by atoms with Gasteiger partial charge in [-0.2, -0.15) is 0 Å². The summed E-state index contributed by atoms with van der Waals surface area (Å²) in [4.78, 5) is 27.6. The third-order valence-corrected chi connectivity index (χ3v) is 10.1. The van der Waals surface area contributed by atoms with Gasteiger partial charge in [-0.1, -0.05) is 122 Å². The van der Waals surface area contributed by atoms with Crippen LogP contribution in [0.25, 0.3) is 10.8 Å². The molecule has 0 spiro atoms. The number of sulfonamides is 1. The third kappa shape index (κ3) is 9.39. The SMILES string of the molecule is CN(CCc1ccccc1)C(=O)Cc1ccc(CC(CCCCC(=O)NS(=O)(=O)c2ccccc2)c2ccccc2)c2ccccc12. The van der Waals surface area contributed by atoms with E-state index in [1.54, 1.807) is 18.2 Å². The summed E-state index contributed by atoms with van der Waals surface area (Å²) < 4.78 is 27.2. The molecule has 0 radical (unpaired) electrons. The second kappa shape index (κ2) is 16.2. The van der Waals surface area contributed by atoms with Gasteiger partial charge < -0.3 is 4.90 Å². The van der Waals surface area contributed by atoms with Crippen molar-refractivity contribution in [3.05, 3.63) is 150 Å². The number of nitrogens with one attached hydrogen (secondary N) is 1. The molecule has 6 nitrogen and oxygen atoms in total. The predicted octanol–water partition coefficient (Wildman–Crippen LogP) is 7.48. The number of hydrogen-bond acceptors (Lipinski definition) is 4. The minimum atomic E-state index is -3.87. The Balaban J connectivity index is 1.23. The molecule has 1 unspecified atom stereocenters. The van der Waals surface area contributed by atoms with Crippen LogP contribution in [-0.2, 0) is 38.9 Å². The molecule has 5 aromatic rings. The summed E-state index contributed by atoms with van der Waals surface area (Å²) in [6.07, 6.45) is 4.32. The average molecular weight is 647 g/mol. The highest BCUT2D eigenvalue weighted by Crippen LogP contribution is 2.31. The minimum absolute atomic E-state index is 0.0789. The first kappa shape index (κ1) is 33.6. The van der Waals surface area contributed by atoms with Crippen molar-refractivity contribution in [3.8, 4) is 0 Å². The van der Waals surface area contributed by atoms with E-state index < -0.39 is 15.9 Å². The zero-order valence-electron chi connectivity index (χ0n) is 26.8. The van der Waals surface area contributed by atoms with Crippen LogP contribution >= 0.6 is 0 Å². The molecule has 0 aliphatic rings. The van der Waals surface area contributed by atoms with Crippen LogP contribution in [0.2, 0.25) is 0 Å². The number of unbranched alkanes of at least 4 members (excludes halogenated alkanes) is 1. The van der Waals surface area contributed by atoms with E-state index in [0.717, 1.165) is 42.0 Å². The number of fused-ring (bicyclic) bond motifs is 1. The molecule has 47 heavy (non-hydrogen) atoms. The van der Waals surface area contributed by atoms with E-state index in [2.05, 4.69) is 53.3 Å². The molecule has 0 fully saturated rings. The highest BCUT2D eigenvalue weighted by molar-refractivity contribution is 7.90. The molecule has 0 aromatic heterocycles. The second-order valence-electron chi connectivity index (χ2n) is 12.1. The maximum Gasteiger partial charge on any atom is 0.264 e. The standard InChI is InChI=1S/C40H42N2O4S/c1-42(28-27-31-15-5-2-6-16-31)40(44)30-35-26-25-34(37-22-12-13-23-38(35)37)29-33(32-17-7-3-8-18-32)19-11-14-24-39(43)41-47(45,46)36-20-9-4-10-21-36/h2-10,12-13,15-18,20-23,25-26,33H,11,14,19,24,27-30H2,1H3,(H,41,43). The lowest BCUT2D eigenvalue weighted by molar-refractivity contribution is -0.129. The molecular formula is C40H42N2O4S. The lowest BCUT2D eigenvalue weighted by atomic mass is 9.85. The van der Waals surface area contributed by atoms with Crippen LogP contribution in [0.3, 0.4) is 0 Å². The van der Waals surface area contributed by atoms with E-state index >= 15 is 0 Å². The van der Waals surface area contributed by atoms with Crippen LogP contribution < -0.4 is 4.72 Å². The van der Waals surface area contributed by atoms with Crippen molar-refractivity contribution in [1.82, 2.24) is 9.62 Å². The van der Waals surface area contributed by atoms with Gasteiger partial charge in [0.05, 0.1) is 11.3 Å². The van der Waals surface area contributed by atoms with Crippen LogP contribution in [0.5, 0.6) is 0 Å². The molecule has 0 aliphatic heterocycles. The number of nitrogens with zero attached hydrogens (tertiary/aromatic N) is 1. The number of benzene rings is 5. The molecule has 0 bridgehead atoms. The van der Waals surface area contributed by atoms with Crippen LogP contribution in [-0.4, -0.2) is 38.7 Å². The van der Waals surface area contributed by atoms with Gasteiger partial charge in [0.1, 0.15) is 0 Å². The van der Waals surface area contributed by atoms with E-state index in [9.17, 15) is 18.0 Å². The Morgan fingerprint density at radius 2 is 1.28 bits per heavy atom. The summed E-state index contributed by atoms with van der Waals surface area (Å²) in [5, 5.41) is 2.24. The van der Waals surface area contributed by atoms with E-state index in [-0.39, 0.29) is 23.1 Å². The quantitative estimate of drug-likeness (QED) is 0.120. The summed E-state index contributed by atoms with van der Waals surface area (Å²) >= 11 is 0. The summed E-state index contributed by atoms with van der Waals surface area (Å²) in [6, 6.07) is 41.1. The molecule has 2 amide bonds. The molecule has 1 N–H and O–H groups in total. The molecule has 242 valence electrons. The third-order valence-electron chi connectivity index (χ3n) is 8.70. The average Bonchev–Trinajstić information content (AvgIpc) is 3.10. The number of rotatable bonds is 15. The van der Waals surface area contributed by atoms with Crippen molar-refractivity contribution < 1.29 is 18.0 Å². The fourth-order valence-electron chi connectivity index (χ4n) is 6.03. The lowest BCUT2D eigenvalue weighted by Gasteiger charge is -2.21. The summed E-state index contributed by atoms with van der Waals surface area (Å²) in [7, 11) is -2.00. The highest BCUT2D eigenvalue weighted by atomic mass is 32.2. The fraction of sp³-hybridized carbons (Fsp3) is 0.250. The Labute approximate surface area is 278 Å². The number of likely N-dealkylation sites (N-methyl/N-ethyl adjacent to an activating group) is 1.